The molecule has 0 atom stereocenters. The van der Waals surface area contributed by atoms with Crippen molar-refractivity contribution < 1.29 is 10.0 Å². The maximum atomic E-state index is 9.73. The van der Waals surface area contributed by atoms with Gasteiger partial charge in [-0.1, -0.05) is 30.3 Å². The molecule has 0 fully saturated rings. The molecule has 0 radical (unpaired) electrons. The summed E-state index contributed by atoms with van der Waals surface area (Å²) in [6, 6.07) is 9.38. The minimum atomic E-state index is -1.56. The van der Waals surface area contributed by atoms with E-state index in [0.717, 1.165) is 33.2 Å². The average molecular weight is 360 g/mol. The van der Waals surface area contributed by atoms with Crippen LogP contribution in [0.15, 0.2) is 55.4 Å². The third-order valence-electron chi connectivity index (χ3n) is 4.46. The summed E-state index contributed by atoms with van der Waals surface area (Å²) in [5.41, 5.74) is 11.8. The smallest absolute Gasteiger partial charge is 0.423 e. The SMILES string of the molecule is C=C(/C=C\NC)c1cc(C)c(B(O)O)cc1-c1ccc2c(N)cnnc2c1. The second-order valence-electron chi connectivity index (χ2n) is 6.31. The highest BCUT2D eigenvalue weighted by molar-refractivity contribution is 6.59. The first-order valence-electron chi connectivity index (χ1n) is 8.47. The van der Waals surface area contributed by atoms with Crippen molar-refractivity contribution >= 4 is 34.7 Å². The molecule has 2 aromatic carbocycles. The van der Waals surface area contributed by atoms with Gasteiger partial charge in [0.15, 0.2) is 0 Å². The van der Waals surface area contributed by atoms with Crippen molar-refractivity contribution in [1.29, 1.82) is 0 Å². The van der Waals surface area contributed by atoms with Gasteiger partial charge in [-0.05, 0) is 59.1 Å². The Bertz CT molecular complexity index is 1050. The quantitative estimate of drug-likeness (QED) is 0.407. The number of aryl methyl sites for hydroxylation is 1. The Morgan fingerprint density at radius 3 is 2.74 bits per heavy atom. The van der Waals surface area contributed by atoms with E-state index < -0.39 is 7.12 Å². The Balaban J connectivity index is 2.24. The van der Waals surface area contributed by atoms with E-state index in [1.165, 1.54) is 6.20 Å². The molecule has 6 nitrogen and oxygen atoms in total. The Hall–Kier alpha value is -3.16. The minimum Gasteiger partial charge on any atom is -0.423 e. The van der Waals surface area contributed by atoms with Crippen LogP contribution < -0.4 is 16.5 Å². The van der Waals surface area contributed by atoms with E-state index in [9.17, 15) is 10.0 Å². The van der Waals surface area contributed by atoms with E-state index in [4.69, 9.17) is 5.73 Å². The number of anilines is 1. The van der Waals surface area contributed by atoms with Crippen LogP contribution in [-0.2, 0) is 0 Å². The molecule has 1 aromatic heterocycles. The summed E-state index contributed by atoms with van der Waals surface area (Å²) in [5, 5.41) is 31.3. The number of nitrogen functional groups attached to an aromatic ring is 1. The summed E-state index contributed by atoms with van der Waals surface area (Å²) in [6.45, 7) is 5.98. The summed E-state index contributed by atoms with van der Waals surface area (Å²) in [4.78, 5) is 0. The van der Waals surface area contributed by atoms with Crippen molar-refractivity contribution in [2.45, 2.75) is 6.92 Å². The molecule has 0 saturated heterocycles. The molecular formula is C20H21BN4O2. The number of benzene rings is 2. The third kappa shape index (κ3) is 3.69. The number of allylic oxidation sites excluding steroid dienone is 2. The van der Waals surface area contributed by atoms with Gasteiger partial charge >= 0.3 is 7.12 Å². The third-order valence-corrected chi connectivity index (χ3v) is 4.46. The fourth-order valence-electron chi connectivity index (χ4n) is 3.03. The van der Waals surface area contributed by atoms with E-state index in [0.29, 0.717) is 16.7 Å². The van der Waals surface area contributed by atoms with Crippen molar-refractivity contribution in [1.82, 2.24) is 15.5 Å². The summed E-state index contributed by atoms with van der Waals surface area (Å²) in [7, 11) is 0.253. The average Bonchev–Trinajstić information content (AvgIpc) is 2.65. The molecule has 0 unspecified atom stereocenters. The highest BCUT2D eigenvalue weighted by Gasteiger charge is 2.19. The summed E-state index contributed by atoms with van der Waals surface area (Å²) in [6.07, 6.45) is 5.18. The topological polar surface area (TPSA) is 104 Å². The predicted molar refractivity (Wildman–Crippen MR) is 111 cm³/mol. The molecule has 1 heterocycles. The number of hydrogen-bond acceptors (Lipinski definition) is 6. The molecular weight excluding hydrogens is 339 g/mol. The second kappa shape index (κ2) is 7.61. The molecule has 7 heteroatoms. The lowest BCUT2D eigenvalue weighted by Gasteiger charge is -2.16. The Labute approximate surface area is 158 Å². The van der Waals surface area contributed by atoms with Crippen molar-refractivity contribution in [3.05, 3.63) is 66.5 Å². The van der Waals surface area contributed by atoms with Crippen LogP contribution in [0, 0.1) is 6.92 Å². The van der Waals surface area contributed by atoms with Crippen LogP contribution in [0.3, 0.4) is 0 Å². The van der Waals surface area contributed by atoms with E-state index in [1.54, 1.807) is 12.3 Å². The molecule has 0 aliphatic carbocycles. The van der Waals surface area contributed by atoms with Crippen molar-refractivity contribution in [3.8, 4) is 11.1 Å². The van der Waals surface area contributed by atoms with E-state index in [2.05, 4.69) is 22.1 Å². The predicted octanol–water partition coefficient (Wildman–Crippen LogP) is 1.61. The molecule has 3 aromatic rings. The number of rotatable bonds is 5. The number of aromatic nitrogens is 2. The second-order valence-corrected chi connectivity index (χ2v) is 6.31. The monoisotopic (exact) mass is 360 g/mol. The van der Waals surface area contributed by atoms with E-state index in [1.807, 2.05) is 44.3 Å². The maximum absolute atomic E-state index is 9.73. The number of hydrogen-bond donors (Lipinski definition) is 4. The molecule has 136 valence electrons. The van der Waals surface area contributed by atoms with Gasteiger partial charge in [0.05, 0.1) is 17.4 Å². The zero-order chi connectivity index (χ0) is 19.6. The lowest BCUT2D eigenvalue weighted by atomic mass is 9.74. The first-order valence-corrected chi connectivity index (χ1v) is 8.47. The van der Waals surface area contributed by atoms with E-state index >= 15 is 0 Å². The number of nitrogens with one attached hydrogen (secondary N) is 1. The summed E-state index contributed by atoms with van der Waals surface area (Å²) >= 11 is 0. The molecule has 0 saturated carbocycles. The first-order chi connectivity index (χ1) is 12.9. The molecule has 0 aliphatic heterocycles. The lowest BCUT2D eigenvalue weighted by Crippen LogP contribution is -2.32. The molecule has 0 bridgehead atoms. The summed E-state index contributed by atoms with van der Waals surface area (Å²) < 4.78 is 0. The van der Waals surface area contributed by atoms with Gasteiger partial charge in [0.1, 0.15) is 0 Å². The largest absolute Gasteiger partial charge is 0.488 e. The zero-order valence-electron chi connectivity index (χ0n) is 15.3. The minimum absolute atomic E-state index is 0.443. The van der Waals surface area contributed by atoms with Crippen molar-refractivity contribution in [3.63, 3.8) is 0 Å². The Morgan fingerprint density at radius 2 is 2.04 bits per heavy atom. The maximum Gasteiger partial charge on any atom is 0.488 e. The normalized spacial score (nSPS) is 11.1. The van der Waals surface area contributed by atoms with Crippen molar-refractivity contribution in [2.24, 2.45) is 0 Å². The fourth-order valence-corrected chi connectivity index (χ4v) is 3.03. The van der Waals surface area contributed by atoms with Gasteiger partial charge in [-0.3, -0.25) is 0 Å². The molecule has 0 spiro atoms. The first kappa shape index (κ1) is 18.6. The van der Waals surface area contributed by atoms with Gasteiger partial charge in [-0.25, -0.2) is 0 Å². The van der Waals surface area contributed by atoms with Crippen LogP contribution in [0.25, 0.3) is 27.6 Å². The number of nitrogens with two attached hydrogens (primary N) is 1. The molecule has 0 aliphatic rings. The number of fused-ring (bicyclic) bond motifs is 1. The molecule has 27 heavy (non-hydrogen) atoms. The van der Waals surface area contributed by atoms with Crippen LogP contribution in [0.1, 0.15) is 11.1 Å². The lowest BCUT2D eigenvalue weighted by molar-refractivity contribution is 0.425. The van der Waals surface area contributed by atoms with Crippen molar-refractivity contribution in [2.75, 3.05) is 12.8 Å². The van der Waals surface area contributed by atoms with Crippen LogP contribution in [0.4, 0.5) is 5.69 Å². The molecule has 0 amide bonds. The van der Waals surface area contributed by atoms with Gasteiger partial charge in [-0.15, -0.1) is 0 Å². The van der Waals surface area contributed by atoms with Gasteiger partial charge < -0.3 is 21.1 Å². The fraction of sp³-hybridized carbons (Fsp3) is 0.100. The highest BCUT2D eigenvalue weighted by atomic mass is 16.4. The highest BCUT2D eigenvalue weighted by Crippen LogP contribution is 2.32. The Morgan fingerprint density at radius 1 is 1.26 bits per heavy atom. The van der Waals surface area contributed by atoms with Gasteiger partial charge in [-0.2, -0.15) is 10.2 Å². The van der Waals surface area contributed by atoms with E-state index in [-0.39, 0.29) is 0 Å². The van der Waals surface area contributed by atoms with Gasteiger partial charge in [0.2, 0.25) is 0 Å². The standard InChI is InChI=1S/C20H21BN4O2/c1-12(6-7-23-3)16-8-13(2)18(21(26)27)10-17(16)14-4-5-15-19(22)11-24-25-20(15)9-14/h4-11,23,26-27H,1H2,2-3H3,(H2,22,25)/b7-6-. The zero-order valence-corrected chi connectivity index (χ0v) is 15.3. The summed E-state index contributed by atoms with van der Waals surface area (Å²) in [5.74, 6) is 0. The van der Waals surface area contributed by atoms with Crippen LogP contribution >= 0.6 is 0 Å². The van der Waals surface area contributed by atoms with Crippen LogP contribution in [-0.4, -0.2) is 34.4 Å². The molecule has 3 rings (SSSR count). The Kier molecular flexibility index (Phi) is 5.25. The van der Waals surface area contributed by atoms with Crippen LogP contribution in [0.2, 0.25) is 0 Å². The van der Waals surface area contributed by atoms with Gasteiger partial charge in [0.25, 0.3) is 0 Å². The molecule has 5 N–H and O–H groups in total. The van der Waals surface area contributed by atoms with Crippen LogP contribution in [0.5, 0.6) is 0 Å². The number of nitrogens with zero attached hydrogens (tertiary/aromatic N) is 2. The van der Waals surface area contributed by atoms with Gasteiger partial charge in [0, 0.05) is 12.4 Å².